The molecule has 0 fully saturated rings. The Kier molecular flexibility index (Phi) is 6.78. The molecule has 0 saturated carbocycles. The van der Waals surface area contributed by atoms with Crippen molar-refractivity contribution in [3.8, 4) is 33.7 Å². The summed E-state index contributed by atoms with van der Waals surface area (Å²) in [7, 11) is 0. The minimum Gasteiger partial charge on any atom is -0.455 e. The fraction of sp³-hybridized carbons (Fsp3) is 0. The first-order chi connectivity index (χ1) is 25.3. The number of rotatable bonds is 6. The van der Waals surface area contributed by atoms with Crippen LogP contribution in [0.4, 0.5) is 17.1 Å². The van der Waals surface area contributed by atoms with Gasteiger partial charge in [-0.2, -0.15) is 0 Å². The molecule has 0 aliphatic rings. The quantitative estimate of drug-likeness (QED) is 0.179. The number of fused-ring (bicyclic) bond motifs is 6. The van der Waals surface area contributed by atoms with Crippen LogP contribution in [0.5, 0.6) is 0 Å². The van der Waals surface area contributed by atoms with Crippen LogP contribution in [0.3, 0.4) is 0 Å². The Balaban J connectivity index is 1.02. The van der Waals surface area contributed by atoms with Crippen LogP contribution in [0.2, 0.25) is 0 Å². The predicted molar refractivity (Wildman–Crippen MR) is 210 cm³/mol. The number of aromatic nitrogens is 1. The molecule has 51 heavy (non-hydrogen) atoms. The zero-order valence-electron chi connectivity index (χ0n) is 27.5. The SMILES string of the molecule is c1ccc(-c2ccc(-c3nc4c(-c5ccc(N(c6ccccc6)c6ccc7oc8c9ccccc9ccc8c7c6)cc5)cccc4o3)cc2)cc1. The molecular formula is C47H30N2O2. The number of anilines is 3. The van der Waals surface area contributed by atoms with Crippen molar-refractivity contribution in [3.63, 3.8) is 0 Å². The third-order valence-electron chi connectivity index (χ3n) is 9.71. The lowest BCUT2D eigenvalue weighted by Gasteiger charge is -2.25. The molecule has 0 aliphatic carbocycles. The standard InChI is InChI=1S/C47H30N2O2/c1-3-10-31(11-4-1)32-18-20-35(21-19-32)47-48-45-39(16-9-17-44(45)51-47)34-22-25-37(26-23-34)49(36-13-5-2-6-14-36)38-27-29-43-42(30-38)41-28-24-33-12-7-8-15-40(33)46(41)50-43/h1-30H. The molecule has 0 atom stereocenters. The van der Waals surface area contributed by atoms with E-state index in [1.807, 2.05) is 24.3 Å². The summed E-state index contributed by atoms with van der Waals surface area (Å²) in [5, 5.41) is 4.50. The Morgan fingerprint density at radius 3 is 1.88 bits per heavy atom. The molecule has 0 amide bonds. The van der Waals surface area contributed by atoms with Crippen LogP contribution in [0.15, 0.2) is 191 Å². The molecule has 240 valence electrons. The second-order valence-corrected chi connectivity index (χ2v) is 12.8. The van der Waals surface area contributed by atoms with Crippen molar-refractivity contribution in [3.05, 3.63) is 182 Å². The highest BCUT2D eigenvalue weighted by molar-refractivity contribution is 6.15. The lowest BCUT2D eigenvalue weighted by molar-refractivity contribution is 0.620. The van der Waals surface area contributed by atoms with Crippen molar-refractivity contribution >= 4 is 60.9 Å². The van der Waals surface area contributed by atoms with Gasteiger partial charge in [0.2, 0.25) is 5.89 Å². The average Bonchev–Trinajstić information content (AvgIpc) is 3.81. The van der Waals surface area contributed by atoms with E-state index in [2.05, 4.69) is 163 Å². The summed E-state index contributed by atoms with van der Waals surface area (Å²) >= 11 is 0. The molecule has 10 aromatic rings. The van der Waals surface area contributed by atoms with Crippen LogP contribution in [0.25, 0.3) is 77.5 Å². The minimum atomic E-state index is 0.610. The third kappa shape index (κ3) is 5.04. The molecule has 4 heteroatoms. The summed E-state index contributed by atoms with van der Waals surface area (Å²) in [6.45, 7) is 0. The molecule has 4 nitrogen and oxygen atoms in total. The van der Waals surface area contributed by atoms with E-state index in [4.69, 9.17) is 13.8 Å². The Hall–Kier alpha value is -6.91. The fourth-order valence-electron chi connectivity index (χ4n) is 7.19. The summed E-state index contributed by atoms with van der Waals surface area (Å²) in [5.41, 5.74) is 12.0. The Bertz CT molecular complexity index is 2840. The number of benzene rings is 8. The van der Waals surface area contributed by atoms with Gasteiger partial charge >= 0.3 is 0 Å². The second-order valence-electron chi connectivity index (χ2n) is 12.8. The van der Waals surface area contributed by atoms with E-state index in [1.54, 1.807) is 0 Å². The molecule has 0 saturated heterocycles. The number of furan rings is 1. The van der Waals surface area contributed by atoms with E-state index in [0.717, 1.165) is 77.7 Å². The molecule has 0 N–H and O–H groups in total. The van der Waals surface area contributed by atoms with Gasteiger partial charge in [0.25, 0.3) is 0 Å². The van der Waals surface area contributed by atoms with Crippen molar-refractivity contribution in [1.82, 2.24) is 4.98 Å². The van der Waals surface area contributed by atoms with Gasteiger partial charge in [-0.3, -0.25) is 0 Å². The Morgan fingerprint density at radius 2 is 1.06 bits per heavy atom. The number of nitrogens with zero attached hydrogens (tertiary/aromatic N) is 2. The summed E-state index contributed by atoms with van der Waals surface area (Å²) in [4.78, 5) is 7.28. The third-order valence-corrected chi connectivity index (χ3v) is 9.71. The van der Waals surface area contributed by atoms with Crippen LogP contribution >= 0.6 is 0 Å². The van der Waals surface area contributed by atoms with Crippen LogP contribution in [0, 0.1) is 0 Å². The van der Waals surface area contributed by atoms with Gasteiger partial charge in [-0.15, -0.1) is 0 Å². The van der Waals surface area contributed by atoms with Crippen molar-refractivity contribution in [2.45, 2.75) is 0 Å². The van der Waals surface area contributed by atoms with E-state index in [9.17, 15) is 0 Å². The number of hydrogen-bond donors (Lipinski definition) is 0. The molecule has 8 aromatic carbocycles. The predicted octanol–water partition coefficient (Wildman–Crippen LogP) is 13.4. The van der Waals surface area contributed by atoms with Gasteiger partial charge in [-0.05, 0) is 88.8 Å². The molecule has 0 aliphatic heterocycles. The second kappa shape index (κ2) is 11.9. The van der Waals surface area contributed by atoms with Crippen molar-refractivity contribution in [2.24, 2.45) is 0 Å². The van der Waals surface area contributed by atoms with Gasteiger partial charge in [-0.1, -0.05) is 115 Å². The van der Waals surface area contributed by atoms with Crippen molar-refractivity contribution in [1.29, 1.82) is 0 Å². The molecule has 0 bridgehead atoms. The van der Waals surface area contributed by atoms with Gasteiger partial charge in [-0.25, -0.2) is 4.98 Å². The summed E-state index contributed by atoms with van der Waals surface area (Å²) in [6, 6.07) is 63.2. The Morgan fingerprint density at radius 1 is 0.392 bits per heavy atom. The summed E-state index contributed by atoms with van der Waals surface area (Å²) in [5.74, 6) is 0.610. The maximum absolute atomic E-state index is 6.43. The average molecular weight is 655 g/mol. The molecule has 10 rings (SSSR count). The van der Waals surface area contributed by atoms with Crippen LogP contribution in [-0.2, 0) is 0 Å². The first kappa shape index (κ1) is 29.0. The van der Waals surface area contributed by atoms with Crippen molar-refractivity contribution in [2.75, 3.05) is 4.90 Å². The van der Waals surface area contributed by atoms with Gasteiger partial charge < -0.3 is 13.7 Å². The maximum atomic E-state index is 6.43. The molecular weight excluding hydrogens is 625 g/mol. The van der Waals surface area contributed by atoms with E-state index in [0.29, 0.717) is 5.89 Å². The van der Waals surface area contributed by atoms with Gasteiger partial charge in [0.15, 0.2) is 5.58 Å². The smallest absolute Gasteiger partial charge is 0.227 e. The molecule has 0 unspecified atom stereocenters. The Labute approximate surface area is 294 Å². The minimum absolute atomic E-state index is 0.610. The number of hydrogen-bond acceptors (Lipinski definition) is 4. The zero-order valence-corrected chi connectivity index (χ0v) is 27.5. The monoisotopic (exact) mass is 654 g/mol. The van der Waals surface area contributed by atoms with E-state index in [1.165, 1.54) is 10.9 Å². The fourth-order valence-corrected chi connectivity index (χ4v) is 7.19. The van der Waals surface area contributed by atoms with Crippen LogP contribution in [0.1, 0.15) is 0 Å². The molecule has 2 aromatic heterocycles. The number of para-hydroxylation sites is 2. The molecule has 0 spiro atoms. The van der Waals surface area contributed by atoms with Gasteiger partial charge in [0, 0.05) is 44.3 Å². The number of oxazole rings is 1. The maximum Gasteiger partial charge on any atom is 0.227 e. The first-order valence-corrected chi connectivity index (χ1v) is 17.1. The highest BCUT2D eigenvalue weighted by atomic mass is 16.3. The van der Waals surface area contributed by atoms with Crippen LogP contribution in [-0.4, -0.2) is 4.98 Å². The molecule has 0 radical (unpaired) electrons. The van der Waals surface area contributed by atoms with Crippen LogP contribution < -0.4 is 4.90 Å². The van der Waals surface area contributed by atoms with E-state index < -0.39 is 0 Å². The topological polar surface area (TPSA) is 42.4 Å². The summed E-state index contributed by atoms with van der Waals surface area (Å²) < 4.78 is 12.7. The van der Waals surface area contributed by atoms with Crippen molar-refractivity contribution < 1.29 is 8.83 Å². The highest BCUT2D eigenvalue weighted by Crippen LogP contribution is 2.41. The zero-order chi connectivity index (χ0) is 33.7. The lowest BCUT2D eigenvalue weighted by atomic mass is 10.0. The van der Waals surface area contributed by atoms with E-state index in [-0.39, 0.29) is 0 Å². The highest BCUT2D eigenvalue weighted by Gasteiger charge is 2.18. The van der Waals surface area contributed by atoms with Gasteiger partial charge in [0.1, 0.15) is 16.7 Å². The lowest BCUT2D eigenvalue weighted by Crippen LogP contribution is -2.09. The normalized spacial score (nSPS) is 11.5. The molecule has 2 heterocycles. The largest absolute Gasteiger partial charge is 0.455 e. The van der Waals surface area contributed by atoms with E-state index >= 15 is 0 Å². The summed E-state index contributed by atoms with van der Waals surface area (Å²) in [6.07, 6.45) is 0. The first-order valence-electron chi connectivity index (χ1n) is 17.1. The van der Waals surface area contributed by atoms with Gasteiger partial charge in [0.05, 0.1) is 0 Å².